The largest absolute Gasteiger partial charge is 0.475 e. The molecular formula is C12H16N6O5. The van der Waals surface area contributed by atoms with Crippen LogP contribution in [0.4, 0.5) is 11.4 Å². The Hall–Kier alpha value is -2.95. The number of nitro groups is 1. The van der Waals surface area contributed by atoms with Crippen LogP contribution in [-0.2, 0) is 22.8 Å². The second kappa shape index (κ2) is 7.35. The fourth-order valence-electron chi connectivity index (χ4n) is 1.85. The number of carbonyl (C=O) groups excluding carboxylic acids is 1. The number of nitrogens with one attached hydrogen (secondary N) is 1. The van der Waals surface area contributed by atoms with Crippen LogP contribution in [0.1, 0.15) is 6.42 Å². The fourth-order valence-corrected chi connectivity index (χ4v) is 1.85. The molecule has 0 aliphatic rings. The Labute approximate surface area is 130 Å². The highest BCUT2D eigenvalue weighted by molar-refractivity contribution is 5.90. The van der Waals surface area contributed by atoms with E-state index in [0.717, 1.165) is 0 Å². The van der Waals surface area contributed by atoms with Crippen LogP contribution in [0, 0.1) is 10.1 Å². The molecule has 0 radical (unpaired) electrons. The minimum atomic E-state index is -0.591. The van der Waals surface area contributed by atoms with Crippen molar-refractivity contribution in [3.8, 4) is 5.88 Å². The van der Waals surface area contributed by atoms with Crippen molar-refractivity contribution < 1.29 is 19.2 Å². The molecule has 0 fully saturated rings. The first-order valence-corrected chi connectivity index (χ1v) is 6.60. The van der Waals surface area contributed by atoms with Gasteiger partial charge in [-0.3, -0.25) is 19.6 Å². The van der Waals surface area contributed by atoms with E-state index in [9.17, 15) is 14.9 Å². The van der Waals surface area contributed by atoms with Gasteiger partial charge in [0.15, 0.2) is 0 Å². The van der Waals surface area contributed by atoms with Crippen molar-refractivity contribution in [2.24, 2.45) is 0 Å². The van der Waals surface area contributed by atoms with Gasteiger partial charge in [0.05, 0.1) is 36.7 Å². The molecule has 0 bridgehead atoms. The van der Waals surface area contributed by atoms with Crippen LogP contribution in [0.15, 0.2) is 18.6 Å². The SMILES string of the molecule is COCn1cc(NC(=O)CCn2cc([N+](=O)[O-])c(OC)n2)cn1. The Morgan fingerprint density at radius 1 is 1.39 bits per heavy atom. The van der Waals surface area contributed by atoms with Crippen molar-refractivity contribution in [3.05, 3.63) is 28.7 Å². The smallest absolute Gasteiger partial charge is 0.350 e. The summed E-state index contributed by atoms with van der Waals surface area (Å²) in [5, 5.41) is 21.4. The molecule has 1 amide bonds. The Morgan fingerprint density at radius 2 is 2.17 bits per heavy atom. The number of anilines is 1. The molecule has 0 saturated heterocycles. The van der Waals surface area contributed by atoms with Crippen LogP contribution in [0.25, 0.3) is 0 Å². The van der Waals surface area contributed by atoms with E-state index >= 15 is 0 Å². The number of nitrogens with zero attached hydrogens (tertiary/aromatic N) is 5. The predicted molar refractivity (Wildman–Crippen MR) is 77.9 cm³/mol. The van der Waals surface area contributed by atoms with Gasteiger partial charge in [-0.15, -0.1) is 5.10 Å². The molecule has 23 heavy (non-hydrogen) atoms. The van der Waals surface area contributed by atoms with Crippen molar-refractivity contribution in [2.45, 2.75) is 19.7 Å². The van der Waals surface area contributed by atoms with Gasteiger partial charge in [-0.2, -0.15) is 5.10 Å². The van der Waals surface area contributed by atoms with Crippen LogP contribution in [0.5, 0.6) is 5.88 Å². The number of hydrogen-bond donors (Lipinski definition) is 1. The maximum atomic E-state index is 11.9. The summed E-state index contributed by atoms with van der Waals surface area (Å²) in [6.45, 7) is 0.467. The van der Waals surface area contributed by atoms with Gasteiger partial charge in [0.1, 0.15) is 12.9 Å². The lowest BCUT2D eigenvalue weighted by Gasteiger charge is -2.02. The van der Waals surface area contributed by atoms with Crippen molar-refractivity contribution in [3.63, 3.8) is 0 Å². The van der Waals surface area contributed by atoms with Crippen LogP contribution < -0.4 is 10.1 Å². The monoisotopic (exact) mass is 324 g/mol. The summed E-state index contributed by atoms with van der Waals surface area (Å²) in [6, 6.07) is 0. The first-order chi connectivity index (χ1) is 11.0. The molecule has 0 spiro atoms. The highest BCUT2D eigenvalue weighted by Gasteiger charge is 2.20. The summed E-state index contributed by atoms with van der Waals surface area (Å²) in [7, 11) is 2.83. The molecule has 11 nitrogen and oxygen atoms in total. The lowest BCUT2D eigenvalue weighted by molar-refractivity contribution is -0.385. The van der Waals surface area contributed by atoms with Gasteiger partial charge in [0, 0.05) is 13.5 Å². The molecule has 0 aliphatic heterocycles. The summed E-state index contributed by atoms with van der Waals surface area (Å²) in [6.07, 6.45) is 4.45. The number of rotatable bonds is 8. The minimum absolute atomic E-state index is 0.0868. The summed E-state index contributed by atoms with van der Waals surface area (Å²) >= 11 is 0. The van der Waals surface area contributed by atoms with E-state index in [4.69, 9.17) is 9.47 Å². The molecule has 124 valence electrons. The average molecular weight is 324 g/mol. The Kier molecular flexibility index (Phi) is 5.25. The zero-order valence-corrected chi connectivity index (χ0v) is 12.6. The first kappa shape index (κ1) is 16.4. The van der Waals surface area contributed by atoms with Crippen LogP contribution >= 0.6 is 0 Å². The highest BCUT2D eigenvalue weighted by atomic mass is 16.6. The van der Waals surface area contributed by atoms with Crippen molar-refractivity contribution in [2.75, 3.05) is 19.5 Å². The van der Waals surface area contributed by atoms with Crippen LogP contribution in [0.3, 0.4) is 0 Å². The summed E-state index contributed by atoms with van der Waals surface area (Å²) in [4.78, 5) is 22.1. The van der Waals surface area contributed by atoms with Crippen molar-refractivity contribution in [1.82, 2.24) is 19.6 Å². The standard InChI is InChI=1S/C12H16N6O5/c1-22-8-17-6-9(5-13-17)14-11(19)3-4-16-7-10(18(20)21)12(15-16)23-2/h5-7H,3-4,8H2,1-2H3,(H,14,19). The van der Waals surface area contributed by atoms with Crippen LogP contribution in [-0.4, -0.2) is 44.6 Å². The van der Waals surface area contributed by atoms with Gasteiger partial charge >= 0.3 is 11.6 Å². The zero-order chi connectivity index (χ0) is 16.8. The maximum absolute atomic E-state index is 11.9. The Bertz CT molecular complexity index is 694. The van der Waals surface area contributed by atoms with Crippen LogP contribution in [0.2, 0.25) is 0 Å². The molecule has 0 aliphatic carbocycles. The fraction of sp³-hybridized carbons (Fsp3) is 0.417. The van der Waals surface area contributed by atoms with E-state index in [1.54, 1.807) is 6.20 Å². The molecule has 0 unspecified atom stereocenters. The van der Waals surface area contributed by atoms with E-state index in [-0.39, 0.29) is 37.2 Å². The van der Waals surface area contributed by atoms with E-state index < -0.39 is 4.92 Å². The number of aromatic nitrogens is 4. The number of hydrogen-bond acceptors (Lipinski definition) is 7. The second-order valence-corrected chi connectivity index (χ2v) is 4.53. The first-order valence-electron chi connectivity index (χ1n) is 6.60. The van der Waals surface area contributed by atoms with Gasteiger partial charge in [-0.1, -0.05) is 0 Å². The number of ether oxygens (including phenoxy) is 2. The minimum Gasteiger partial charge on any atom is -0.475 e. The third kappa shape index (κ3) is 4.26. The van der Waals surface area contributed by atoms with Gasteiger partial charge < -0.3 is 14.8 Å². The molecule has 2 aromatic rings. The molecule has 2 aromatic heterocycles. The lowest BCUT2D eigenvalue weighted by Crippen LogP contribution is -2.14. The Balaban J connectivity index is 1.89. The van der Waals surface area contributed by atoms with Gasteiger partial charge in [0.25, 0.3) is 0 Å². The number of carbonyl (C=O) groups is 1. The van der Waals surface area contributed by atoms with E-state index in [0.29, 0.717) is 5.69 Å². The average Bonchev–Trinajstić information content (AvgIpc) is 3.12. The van der Waals surface area contributed by atoms with Crippen molar-refractivity contribution >= 4 is 17.3 Å². The maximum Gasteiger partial charge on any atom is 0.350 e. The molecule has 1 N–H and O–H groups in total. The van der Waals surface area contributed by atoms with E-state index in [1.807, 2.05) is 0 Å². The van der Waals surface area contributed by atoms with Gasteiger partial charge in [-0.05, 0) is 0 Å². The molecule has 0 saturated carbocycles. The van der Waals surface area contributed by atoms with Gasteiger partial charge in [-0.25, -0.2) is 4.68 Å². The quantitative estimate of drug-likeness (QED) is 0.557. The molecule has 0 aromatic carbocycles. The number of aryl methyl sites for hydroxylation is 1. The summed E-state index contributed by atoms with van der Waals surface area (Å²) in [5.41, 5.74) is 0.296. The highest BCUT2D eigenvalue weighted by Crippen LogP contribution is 2.23. The lowest BCUT2D eigenvalue weighted by atomic mass is 10.4. The molecule has 2 rings (SSSR count). The molecular weight excluding hydrogens is 308 g/mol. The topological polar surface area (TPSA) is 126 Å². The third-order valence-corrected chi connectivity index (χ3v) is 2.85. The zero-order valence-electron chi connectivity index (χ0n) is 12.6. The predicted octanol–water partition coefficient (Wildman–Crippen LogP) is 0.629. The molecule has 11 heteroatoms. The van der Waals surface area contributed by atoms with Gasteiger partial charge in [0.2, 0.25) is 5.91 Å². The second-order valence-electron chi connectivity index (χ2n) is 4.53. The summed E-state index contributed by atoms with van der Waals surface area (Å²) < 4.78 is 12.5. The van der Waals surface area contributed by atoms with E-state index in [1.165, 1.54) is 36.0 Å². The van der Waals surface area contributed by atoms with E-state index in [2.05, 4.69) is 15.5 Å². The third-order valence-electron chi connectivity index (χ3n) is 2.85. The molecule has 0 atom stereocenters. The van der Waals surface area contributed by atoms with Crippen molar-refractivity contribution in [1.29, 1.82) is 0 Å². The number of methoxy groups -OCH3 is 2. The number of amides is 1. The Morgan fingerprint density at radius 3 is 2.78 bits per heavy atom. The normalized spacial score (nSPS) is 10.5. The summed E-state index contributed by atoms with van der Waals surface area (Å²) in [5.74, 6) is -0.352. The molecule has 2 heterocycles.